The van der Waals surface area contributed by atoms with Crippen LogP contribution in [0.1, 0.15) is 46.2 Å². The maximum absolute atomic E-state index is 12.5. The van der Waals surface area contributed by atoms with Gasteiger partial charge in [-0.05, 0) is 56.6 Å². The summed E-state index contributed by atoms with van der Waals surface area (Å²) in [6.45, 7) is 11.1. The number of esters is 1. The Bertz CT molecular complexity index is 731. The Morgan fingerprint density at radius 1 is 1.19 bits per heavy atom. The molecule has 1 aromatic rings. The van der Waals surface area contributed by atoms with Gasteiger partial charge in [0.1, 0.15) is 0 Å². The molecule has 0 bridgehead atoms. The van der Waals surface area contributed by atoms with Crippen LogP contribution in [0.15, 0.2) is 29.5 Å². The van der Waals surface area contributed by atoms with Crippen molar-refractivity contribution in [3.63, 3.8) is 0 Å². The third-order valence-electron chi connectivity index (χ3n) is 3.94. The second-order valence-corrected chi connectivity index (χ2v) is 7.04. The summed E-state index contributed by atoms with van der Waals surface area (Å²) in [6, 6.07) is 5.25. The van der Waals surface area contributed by atoms with E-state index in [0.29, 0.717) is 53.6 Å². The first kappa shape index (κ1) is 21.0. The topological polar surface area (TPSA) is 68.8 Å². The predicted octanol–water partition coefficient (Wildman–Crippen LogP) is 3.48. The normalized spacial score (nSPS) is 16.7. The highest BCUT2D eigenvalue weighted by atomic mass is 32.1. The predicted molar refractivity (Wildman–Crippen MR) is 109 cm³/mol. The molecular weight excluding hydrogens is 364 g/mol. The molecule has 6 nitrogen and oxygen atoms in total. The van der Waals surface area contributed by atoms with E-state index in [4.69, 9.17) is 26.4 Å². The van der Waals surface area contributed by atoms with Crippen molar-refractivity contribution >= 4 is 23.3 Å². The smallest absolute Gasteiger partial charge is 0.338 e. The quantitative estimate of drug-likeness (QED) is 0.518. The monoisotopic (exact) mass is 392 g/mol. The number of benzene rings is 1. The van der Waals surface area contributed by atoms with Gasteiger partial charge in [0.15, 0.2) is 16.6 Å². The average Bonchev–Trinajstić information content (AvgIpc) is 2.60. The number of hydrogen-bond acceptors (Lipinski definition) is 5. The fourth-order valence-corrected chi connectivity index (χ4v) is 3.04. The van der Waals surface area contributed by atoms with E-state index in [2.05, 4.69) is 24.5 Å². The highest BCUT2D eigenvalue weighted by Crippen LogP contribution is 2.35. The molecule has 0 spiro atoms. The first-order chi connectivity index (χ1) is 12.9. The molecule has 0 saturated carbocycles. The van der Waals surface area contributed by atoms with Crippen LogP contribution in [0.5, 0.6) is 11.5 Å². The van der Waals surface area contributed by atoms with Crippen molar-refractivity contribution in [3.8, 4) is 11.5 Å². The Hall–Kier alpha value is -2.28. The van der Waals surface area contributed by atoms with Crippen molar-refractivity contribution < 1.29 is 19.0 Å². The van der Waals surface area contributed by atoms with E-state index in [9.17, 15) is 4.79 Å². The van der Waals surface area contributed by atoms with Gasteiger partial charge in [-0.2, -0.15) is 0 Å². The van der Waals surface area contributed by atoms with Gasteiger partial charge in [0.25, 0.3) is 0 Å². The van der Waals surface area contributed by atoms with E-state index in [1.807, 2.05) is 32.0 Å². The molecule has 0 radical (unpaired) electrons. The first-order valence-corrected chi connectivity index (χ1v) is 9.63. The first-order valence-electron chi connectivity index (χ1n) is 9.22. The van der Waals surface area contributed by atoms with Crippen LogP contribution >= 0.6 is 12.2 Å². The van der Waals surface area contributed by atoms with E-state index in [1.54, 1.807) is 6.92 Å². The van der Waals surface area contributed by atoms with Gasteiger partial charge in [0, 0.05) is 5.70 Å². The van der Waals surface area contributed by atoms with Crippen molar-refractivity contribution in [3.05, 3.63) is 35.0 Å². The van der Waals surface area contributed by atoms with Gasteiger partial charge in [-0.15, -0.1) is 0 Å². The van der Waals surface area contributed by atoms with E-state index in [0.717, 1.165) is 5.56 Å². The van der Waals surface area contributed by atoms with Crippen LogP contribution in [0.4, 0.5) is 0 Å². The molecule has 0 amide bonds. The number of ether oxygens (including phenoxy) is 3. The molecule has 1 aliphatic rings. The van der Waals surface area contributed by atoms with E-state index in [1.165, 1.54) is 0 Å². The zero-order valence-corrected chi connectivity index (χ0v) is 17.4. The largest absolute Gasteiger partial charge is 0.490 e. The highest BCUT2D eigenvalue weighted by Gasteiger charge is 2.31. The van der Waals surface area contributed by atoms with Crippen LogP contribution in [0.25, 0.3) is 0 Å². The molecule has 7 heteroatoms. The molecule has 0 aromatic heterocycles. The van der Waals surface area contributed by atoms with E-state index in [-0.39, 0.29) is 5.97 Å². The summed E-state index contributed by atoms with van der Waals surface area (Å²) in [5.74, 6) is 1.36. The number of nitrogens with one attached hydrogen (secondary N) is 2. The zero-order valence-electron chi connectivity index (χ0n) is 16.5. The molecule has 0 aliphatic carbocycles. The van der Waals surface area contributed by atoms with Gasteiger partial charge < -0.3 is 24.8 Å². The van der Waals surface area contributed by atoms with Gasteiger partial charge in [0.2, 0.25) is 0 Å². The third kappa shape index (κ3) is 5.35. The van der Waals surface area contributed by atoms with Crippen molar-refractivity contribution in [1.29, 1.82) is 0 Å². The maximum Gasteiger partial charge on any atom is 0.338 e. The molecule has 2 rings (SSSR count). The molecule has 27 heavy (non-hydrogen) atoms. The zero-order chi connectivity index (χ0) is 20.0. The minimum Gasteiger partial charge on any atom is -0.490 e. The number of thiocarbonyl (C=S) groups is 1. The molecule has 0 saturated heterocycles. The van der Waals surface area contributed by atoms with Gasteiger partial charge in [-0.3, -0.25) is 0 Å². The number of allylic oxidation sites excluding steroid dienone is 1. The fraction of sp³-hybridized carbons (Fsp3) is 0.500. The van der Waals surface area contributed by atoms with Crippen LogP contribution in [-0.4, -0.2) is 30.9 Å². The average molecular weight is 393 g/mol. The molecule has 2 N–H and O–H groups in total. The molecule has 0 fully saturated rings. The molecule has 1 aromatic carbocycles. The SMILES string of the molecule is CCOC(=O)C1=C(C)NC(=S)N[C@@H]1c1ccc(OCC(C)C)c(OCC)c1. The molecule has 148 valence electrons. The molecule has 1 heterocycles. The molecular formula is C20H28N2O4S. The minimum atomic E-state index is -0.420. The fourth-order valence-electron chi connectivity index (χ4n) is 2.77. The van der Waals surface area contributed by atoms with Gasteiger partial charge >= 0.3 is 5.97 Å². The van der Waals surface area contributed by atoms with Crippen LogP contribution < -0.4 is 20.1 Å². The molecule has 0 unspecified atom stereocenters. The molecule has 1 aliphatic heterocycles. The van der Waals surface area contributed by atoms with Crippen molar-refractivity contribution in [2.24, 2.45) is 5.92 Å². The van der Waals surface area contributed by atoms with Crippen molar-refractivity contribution in [2.75, 3.05) is 19.8 Å². The lowest BCUT2D eigenvalue weighted by atomic mass is 9.95. The summed E-state index contributed by atoms with van der Waals surface area (Å²) in [7, 11) is 0. The summed E-state index contributed by atoms with van der Waals surface area (Å²) in [4.78, 5) is 12.5. The third-order valence-corrected chi connectivity index (χ3v) is 4.16. The second-order valence-electron chi connectivity index (χ2n) is 6.63. The van der Waals surface area contributed by atoms with E-state index >= 15 is 0 Å². The van der Waals surface area contributed by atoms with Crippen molar-refractivity contribution in [1.82, 2.24) is 10.6 Å². The van der Waals surface area contributed by atoms with Gasteiger partial charge in [-0.25, -0.2) is 4.79 Å². The lowest BCUT2D eigenvalue weighted by Crippen LogP contribution is -2.45. The highest BCUT2D eigenvalue weighted by molar-refractivity contribution is 7.80. The standard InChI is InChI=1S/C20H28N2O4S/c1-6-24-16-10-14(8-9-15(16)26-11-12(3)4)18-17(19(23)25-7-2)13(5)21-20(27)22-18/h8-10,12,18H,6-7,11H2,1-5H3,(H2,21,22,27)/t18-/m1/s1. The summed E-state index contributed by atoms with van der Waals surface area (Å²) >= 11 is 5.28. The second kappa shape index (κ2) is 9.60. The maximum atomic E-state index is 12.5. The lowest BCUT2D eigenvalue weighted by Gasteiger charge is -2.30. The Morgan fingerprint density at radius 2 is 1.93 bits per heavy atom. The Labute approximate surface area is 166 Å². The number of carbonyl (C=O) groups is 1. The number of carbonyl (C=O) groups excluding carboxylic acids is 1. The van der Waals surface area contributed by atoms with Crippen LogP contribution in [0.2, 0.25) is 0 Å². The van der Waals surface area contributed by atoms with Gasteiger partial charge in [0.05, 0.1) is 31.4 Å². The van der Waals surface area contributed by atoms with Crippen LogP contribution in [0, 0.1) is 5.92 Å². The molecule has 1 atom stereocenters. The van der Waals surface area contributed by atoms with E-state index < -0.39 is 6.04 Å². The lowest BCUT2D eigenvalue weighted by molar-refractivity contribution is -0.139. The Kier molecular flexibility index (Phi) is 7.47. The summed E-state index contributed by atoms with van der Waals surface area (Å²) < 4.78 is 16.9. The summed E-state index contributed by atoms with van der Waals surface area (Å²) in [5, 5.41) is 6.61. The summed E-state index contributed by atoms with van der Waals surface area (Å²) in [5.41, 5.74) is 2.03. The Morgan fingerprint density at radius 3 is 2.56 bits per heavy atom. The number of hydrogen-bond donors (Lipinski definition) is 2. The van der Waals surface area contributed by atoms with Crippen LogP contribution in [-0.2, 0) is 9.53 Å². The van der Waals surface area contributed by atoms with Gasteiger partial charge in [-0.1, -0.05) is 19.9 Å². The van der Waals surface area contributed by atoms with Crippen LogP contribution in [0.3, 0.4) is 0 Å². The minimum absolute atomic E-state index is 0.305. The van der Waals surface area contributed by atoms with Crippen molar-refractivity contribution in [2.45, 2.75) is 40.7 Å². The summed E-state index contributed by atoms with van der Waals surface area (Å²) in [6.07, 6.45) is 0. The number of rotatable bonds is 8. The Balaban J connectivity index is 2.41.